The van der Waals surface area contributed by atoms with Crippen LogP contribution in [0.25, 0.3) is 6.08 Å². The molecule has 1 spiro atoms. The molecule has 5 heteroatoms. The van der Waals surface area contributed by atoms with E-state index in [2.05, 4.69) is 17.1 Å². The van der Waals surface area contributed by atoms with E-state index in [4.69, 9.17) is 4.74 Å². The molecule has 1 aromatic heterocycles. The fourth-order valence-electron chi connectivity index (χ4n) is 3.87. The van der Waals surface area contributed by atoms with E-state index in [0.29, 0.717) is 19.7 Å². The molecule has 4 rings (SSSR count). The molecule has 3 heterocycles. The van der Waals surface area contributed by atoms with Crippen molar-refractivity contribution in [1.82, 2.24) is 9.88 Å². The summed E-state index contributed by atoms with van der Waals surface area (Å²) in [6.07, 6.45) is 6.77. The van der Waals surface area contributed by atoms with Crippen molar-refractivity contribution in [3.8, 4) is 0 Å². The SMILES string of the molecule is O=C(/C=C/c1ccncc1)N1C[C@@H](O)[C@@]2(C[C@H](c3ccccc3)CO2)C1. The van der Waals surface area contributed by atoms with Crippen LogP contribution in [-0.2, 0) is 9.53 Å². The quantitative estimate of drug-likeness (QED) is 0.863. The lowest BCUT2D eigenvalue weighted by Crippen LogP contribution is -2.41. The first-order chi connectivity index (χ1) is 12.7. The molecule has 0 unspecified atom stereocenters. The number of nitrogens with zero attached hydrogens (tertiary/aromatic N) is 2. The third-order valence-corrected chi connectivity index (χ3v) is 5.33. The number of amides is 1. The van der Waals surface area contributed by atoms with E-state index in [1.165, 1.54) is 5.56 Å². The molecule has 0 bridgehead atoms. The average molecular weight is 350 g/mol. The highest BCUT2D eigenvalue weighted by atomic mass is 16.5. The average Bonchev–Trinajstić information content (AvgIpc) is 3.26. The van der Waals surface area contributed by atoms with Crippen LogP contribution in [0.3, 0.4) is 0 Å². The molecular weight excluding hydrogens is 328 g/mol. The summed E-state index contributed by atoms with van der Waals surface area (Å²) in [5.41, 5.74) is 1.49. The number of β-amino-alcohol motifs (C(OH)–C–C–N with tert-alkyl or cyclic N) is 1. The number of hydrogen-bond donors (Lipinski definition) is 1. The summed E-state index contributed by atoms with van der Waals surface area (Å²) >= 11 is 0. The molecule has 2 aromatic rings. The molecule has 0 saturated carbocycles. The zero-order valence-electron chi connectivity index (χ0n) is 14.5. The van der Waals surface area contributed by atoms with Gasteiger partial charge in [0.25, 0.3) is 0 Å². The molecule has 2 aliphatic rings. The molecule has 2 fully saturated rings. The number of rotatable bonds is 3. The molecule has 3 atom stereocenters. The topological polar surface area (TPSA) is 62.7 Å². The number of benzene rings is 1. The minimum Gasteiger partial charge on any atom is -0.388 e. The van der Waals surface area contributed by atoms with Gasteiger partial charge in [0.05, 0.1) is 13.2 Å². The van der Waals surface area contributed by atoms with Gasteiger partial charge in [-0.15, -0.1) is 0 Å². The predicted octanol–water partition coefficient (Wildman–Crippen LogP) is 2.24. The number of aromatic nitrogens is 1. The van der Waals surface area contributed by atoms with Crippen molar-refractivity contribution < 1.29 is 14.6 Å². The van der Waals surface area contributed by atoms with Gasteiger partial charge in [0.15, 0.2) is 0 Å². The minimum atomic E-state index is -0.658. The Morgan fingerprint density at radius 1 is 1.23 bits per heavy atom. The summed E-state index contributed by atoms with van der Waals surface area (Å²) < 4.78 is 6.05. The Morgan fingerprint density at radius 3 is 2.77 bits per heavy atom. The van der Waals surface area contributed by atoms with Crippen LogP contribution in [-0.4, -0.2) is 52.3 Å². The Labute approximate surface area is 152 Å². The van der Waals surface area contributed by atoms with Gasteiger partial charge in [-0.3, -0.25) is 9.78 Å². The molecule has 1 N–H and O–H groups in total. The lowest BCUT2D eigenvalue weighted by atomic mass is 9.87. The van der Waals surface area contributed by atoms with Gasteiger partial charge in [-0.05, 0) is 35.8 Å². The Hall–Kier alpha value is -2.50. The van der Waals surface area contributed by atoms with Gasteiger partial charge in [-0.2, -0.15) is 0 Å². The maximum atomic E-state index is 12.5. The van der Waals surface area contributed by atoms with Crippen LogP contribution in [0.15, 0.2) is 60.9 Å². The molecule has 26 heavy (non-hydrogen) atoms. The van der Waals surface area contributed by atoms with Crippen LogP contribution >= 0.6 is 0 Å². The first-order valence-corrected chi connectivity index (χ1v) is 8.90. The normalized spacial score (nSPS) is 28.3. The van der Waals surface area contributed by atoms with E-state index < -0.39 is 11.7 Å². The second kappa shape index (κ2) is 7.02. The van der Waals surface area contributed by atoms with Gasteiger partial charge in [-0.1, -0.05) is 30.3 Å². The van der Waals surface area contributed by atoms with Crippen molar-refractivity contribution >= 4 is 12.0 Å². The summed E-state index contributed by atoms with van der Waals surface area (Å²) in [6, 6.07) is 13.9. The van der Waals surface area contributed by atoms with Crippen molar-refractivity contribution in [2.45, 2.75) is 24.0 Å². The second-order valence-corrected chi connectivity index (χ2v) is 7.04. The fourth-order valence-corrected chi connectivity index (χ4v) is 3.87. The molecule has 1 amide bonds. The third kappa shape index (κ3) is 3.28. The highest BCUT2D eigenvalue weighted by Gasteiger charge is 2.52. The maximum absolute atomic E-state index is 12.5. The largest absolute Gasteiger partial charge is 0.388 e. The van der Waals surface area contributed by atoms with Crippen molar-refractivity contribution in [3.63, 3.8) is 0 Å². The van der Waals surface area contributed by atoms with Gasteiger partial charge in [0, 0.05) is 30.9 Å². The molecule has 5 nitrogen and oxygen atoms in total. The van der Waals surface area contributed by atoms with Gasteiger partial charge >= 0.3 is 0 Å². The minimum absolute atomic E-state index is 0.107. The van der Waals surface area contributed by atoms with Gasteiger partial charge in [0.1, 0.15) is 11.7 Å². The smallest absolute Gasteiger partial charge is 0.246 e. The number of pyridine rings is 1. The highest BCUT2D eigenvalue weighted by Crippen LogP contribution is 2.42. The lowest BCUT2D eigenvalue weighted by Gasteiger charge is -2.25. The first-order valence-electron chi connectivity index (χ1n) is 8.90. The van der Waals surface area contributed by atoms with E-state index in [1.54, 1.807) is 29.4 Å². The van der Waals surface area contributed by atoms with E-state index in [0.717, 1.165) is 12.0 Å². The predicted molar refractivity (Wildman–Crippen MR) is 98.3 cm³/mol. The van der Waals surface area contributed by atoms with E-state index in [-0.39, 0.29) is 11.8 Å². The maximum Gasteiger partial charge on any atom is 0.246 e. The summed E-state index contributed by atoms with van der Waals surface area (Å²) in [5, 5.41) is 10.6. The summed E-state index contributed by atoms with van der Waals surface area (Å²) in [7, 11) is 0. The number of carbonyl (C=O) groups is 1. The van der Waals surface area contributed by atoms with Crippen LogP contribution in [0.4, 0.5) is 0 Å². The van der Waals surface area contributed by atoms with Crippen LogP contribution in [0, 0.1) is 0 Å². The first kappa shape index (κ1) is 16.9. The summed E-state index contributed by atoms with van der Waals surface area (Å²) in [4.78, 5) is 18.2. The Bertz CT molecular complexity index is 793. The zero-order valence-corrected chi connectivity index (χ0v) is 14.5. The number of hydrogen-bond acceptors (Lipinski definition) is 4. The zero-order chi connectivity index (χ0) is 18.0. The van der Waals surface area contributed by atoms with E-state index in [9.17, 15) is 9.90 Å². The number of ether oxygens (including phenoxy) is 1. The molecular formula is C21H22N2O3. The van der Waals surface area contributed by atoms with Gasteiger partial charge in [-0.25, -0.2) is 0 Å². The standard InChI is InChI=1S/C21H22N2O3/c24-19-13-23(20(25)7-6-16-8-10-22-11-9-16)15-21(19)12-18(14-26-21)17-4-2-1-3-5-17/h1-11,18-19,24H,12-15H2/b7-6+/t18-,19+,21+/m0/s1. The highest BCUT2D eigenvalue weighted by molar-refractivity contribution is 5.92. The fraction of sp³-hybridized carbons (Fsp3) is 0.333. The monoisotopic (exact) mass is 350 g/mol. The number of likely N-dealkylation sites (tertiary alicyclic amines) is 1. The number of aliphatic hydroxyl groups excluding tert-OH is 1. The molecule has 2 saturated heterocycles. The third-order valence-electron chi connectivity index (χ3n) is 5.33. The Balaban J connectivity index is 1.43. The van der Waals surface area contributed by atoms with Gasteiger partial charge in [0.2, 0.25) is 5.91 Å². The van der Waals surface area contributed by atoms with Crippen molar-refractivity contribution in [3.05, 3.63) is 72.1 Å². The second-order valence-electron chi connectivity index (χ2n) is 7.04. The molecule has 0 aliphatic carbocycles. The number of carbonyl (C=O) groups excluding carboxylic acids is 1. The summed E-state index contributed by atoms with van der Waals surface area (Å²) in [6.45, 7) is 1.31. The van der Waals surface area contributed by atoms with Crippen LogP contribution in [0.2, 0.25) is 0 Å². The summed E-state index contributed by atoms with van der Waals surface area (Å²) in [5.74, 6) is 0.151. The lowest BCUT2D eigenvalue weighted by molar-refractivity contribution is -0.126. The van der Waals surface area contributed by atoms with Crippen LogP contribution < -0.4 is 0 Å². The Morgan fingerprint density at radius 2 is 2.00 bits per heavy atom. The van der Waals surface area contributed by atoms with Crippen LogP contribution in [0.1, 0.15) is 23.5 Å². The Kier molecular flexibility index (Phi) is 4.57. The molecule has 1 aromatic carbocycles. The van der Waals surface area contributed by atoms with Crippen LogP contribution in [0.5, 0.6) is 0 Å². The molecule has 134 valence electrons. The number of aliphatic hydroxyl groups is 1. The van der Waals surface area contributed by atoms with E-state index in [1.807, 2.05) is 30.3 Å². The van der Waals surface area contributed by atoms with E-state index >= 15 is 0 Å². The van der Waals surface area contributed by atoms with Crippen molar-refractivity contribution in [2.24, 2.45) is 0 Å². The van der Waals surface area contributed by atoms with Gasteiger partial charge < -0.3 is 14.7 Å². The van der Waals surface area contributed by atoms with Crippen molar-refractivity contribution in [1.29, 1.82) is 0 Å². The molecule has 0 radical (unpaired) electrons. The van der Waals surface area contributed by atoms with Crippen molar-refractivity contribution in [2.75, 3.05) is 19.7 Å². The molecule has 2 aliphatic heterocycles.